The molecule has 1 aromatic carbocycles. The van der Waals surface area contributed by atoms with Crippen molar-refractivity contribution in [3.8, 4) is 0 Å². The summed E-state index contributed by atoms with van der Waals surface area (Å²) in [6, 6.07) is 11.0. The van der Waals surface area contributed by atoms with Crippen LogP contribution >= 0.6 is 0 Å². The highest BCUT2D eigenvalue weighted by atomic mass is 19.4. The molecule has 0 aromatic heterocycles. The number of rotatable bonds is 4. The summed E-state index contributed by atoms with van der Waals surface area (Å²) in [6.07, 6.45) is -7.67. The fraction of sp³-hybridized carbons (Fsp3) is 0.619. The Morgan fingerprint density at radius 2 is 1.38 bits per heavy atom. The molecule has 7 nitrogen and oxygen atoms in total. The predicted octanol–water partition coefficient (Wildman–Crippen LogP) is 3.46. The second-order valence-corrected chi connectivity index (χ2v) is 7.61. The van der Waals surface area contributed by atoms with Gasteiger partial charge in [0.15, 0.2) is 0 Å². The van der Waals surface area contributed by atoms with Crippen LogP contribution in [0.25, 0.3) is 0 Å². The highest BCUT2D eigenvalue weighted by Gasteiger charge is 2.38. The smallest absolute Gasteiger partial charge is 0.475 e. The zero-order chi connectivity index (χ0) is 25.8. The lowest BCUT2D eigenvalue weighted by atomic mass is 9.99. The van der Waals surface area contributed by atoms with Crippen molar-refractivity contribution in [2.75, 3.05) is 52.5 Å². The molecular weight excluding hydrogens is 474 g/mol. The van der Waals surface area contributed by atoms with Crippen molar-refractivity contribution < 1.29 is 50.9 Å². The fourth-order valence-corrected chi connectivity index (χ4v) is 3.34. The molecule has 0 aliphatic carbocycles. The largest absolute Gasteiger partial charge is 0.490 e. The van der Waals surface area contributed by atoms with Crippen LogP contribution in [0.1, 0.15) is 24.3 Å². The van der Waals surface area contributed by atoms with Gasteiger partial charge in [-0.15, -0.1) is 0 Å². The molecule has 194 valence electrons. The molecule has 0 saturated carbocycles. The first kappa shape index (κ1) is 29.7. The molecule has 0 spiro atoms. The molecule has 0 radical (unpaired) electrons. The molecule has 0 amide bonds. The Kier molecular flexibility index (Phi) is 12.3. The fourth-order valence-electron chi connectivity index (χ4n) is 3.34. The summed E-state index contributed by atoms with van der Waals surface area (Å²) < 4.78 is 69.0. The molecular formula is C21H28F6N2O5. The Balaban J connectivity index is 0.000000343. The molecule has 2 fully saturated rings. The van der Waals surface area contributed by atoms with Crippen LogP contribution in [0.4, 0.5) is 26.3 Å². The number of likely N-dealkylation sites (tertiary alicyclic amines) is 1. The van der Waals surface area contributed by atoms with Gasteiger partial charge in [-0.25, -0.2) is 9.59 Å². The number of benzene rings is 1. The Labute approximate surface area is 192 Å². The average Bonchev–Trinajstić information content (AvgIpc) is 3.08. The second-order valence-electron chi connectivity index (χ2n) is 7.61. The molecule has 1 atom stereocenters. The van der Waals surface area contributed by atoms with Gasteiger partial charge in [0.2, 0.25) is 0 Å². The monoisotopic (exact) mass is 502 g/mol. The summed E-state index contributed by atoms with van der Waals surface area (Å²) in [4.78, 5) is 23.0. The van der Waals surface area contributed by atoms with Gasteiger partial charge >= 0.3 is 24.3 Å². The average molecular weight is 502 g/mol. The molecule has 1 unspecified atom stereocenters. The van der Waals surface area contributed by atoms with Crippen molar-refractivity contribution in [3.63, 3.8) is 0 Å². The number of hydrogen-bond acceptors (Lipinski definition) is 5. The van der Waals surface area contributed by atoms with Gasteiger partial charge < -0.3 is 19.8 Å². The normalized spacial score (nSPS) is 19.8. The van der Waals surface area contributed by atoms with Gasteiger partial charge in [-0.2, -0.15) is 26.3 Å². The minimum Gasteiger partial charge on any atom is -0.475 e. The van der Waals surface area contributed by atoms with Crippen LogP contribution in [0.5, 0.6) is 0 Å². The number of ether oxygens (including phenoxy) is 1. The Morgan fingerprint density at radius 3 is 1.91 bits per heavy atom. The van der Waals surface area contributed by atoms with Crippen molar-refractivity contribution in [1.29, 1.82) is 0 Å². The SMILES string of the molecule is O=C(O)C(F)(F)F.O=C(O)C(F)(F)F.c1ccc(C2CCN(CCN3CCCOCC3)C2)cc1. The van der Waals surface area contributed by atoms with Gasteiger partial charge in [-0.3, -0.25) is 4.90 Å². The van der Waals surface area contributed by atoms with Crippen LogP contribution in [-0.2, 0) is 14.3 Å². The maximum Gasteiger partial charge on any atom is 0.490 e. The van der Waals surface area contributed by atoms with Crippen LogP contribution < -0.4 is 0 Å². The lowest BCUT2D eigenvalue weighted by molar-refractivity contribution is -0.193. The van der Waals surface area contributed by atoms with Crippen molar-refractivity contribution in [2.24, 2.45) is 0 Å². The molecule has 13 heteroatoms. The summed E-state index contributed by atoms with van der Waals surface area (Å²) in [5.74, 6) is -4.77. The zero-order valence-corrected chi connectivity index (χ0v) is 18.3. The maximum atomic E-state index is 10.6. The molecule has 3 rings (SSSR count). The summed E-state index contributed by atoms with van der Waals surface area (Å²) >= 11 is 0. The van der Waals surface area contributed by atoms with Gasteiger partial charge in [0.1, 0.15) is 0 Å². The Morgan fingerprint density at radius 1 is 0.853 bits per heavy atom. The van der Waals surface area contributed by atoms with Crippen molar-refractivity contribution in [2.45, 2.75) is 31.1 Å². The standard InChI is InChI=1S/C17H26N2O.2C2HF3O2/c1-2-5-16(6-3-1)17-7-9-19(15-17)11-10-18-8-4-13-20-14-12-18;2*3-2(4,5)1(6)7/h1-3,5-6,17H,4,7-15H2;2*(H,6,7). The topological polar surface area (TPSA) is 90.3 Å². The van der Waals surface area contributed by atoms with Gasteiger partial charge in [-0.1, -0.05) is 30.3 Å². The first-order valence-corrected chi connectivity index (χ1v) is 10.5. The van der Waals surface area contributed by atoms with Crippen LogP contribution in [-0.4, -0.2) is 96.8 Å². The highest BCUT2D eigenvalue weighted by molar-refractivity contribution is 5.73. The van der Waals surface area contributed by atoms with Crippen molar-refractivity contribution in [1.82, 2.24) is 9.80 Å². The van der Waals surface area contributed by atoms with E-state index in [1.54, 1.807) is 0 Å². The molecule has 2 aliphatic heterocycles. The van der Waals surface area contributed by atoms with E-state index in [1.165, 1.54) is 51.1 Å². The van der Waals surface area contributed by atoms with Crippen molar-refractivity contribution in [3.05, 3.63) is 35.9 Å². The summed E-state index contributed by atoms with van der Waals surface area (Å²) in [7, 11) is 0. The number of carboxylic acids is 2. The third-order valence-corrected chi connectivity index (χ3v) is 5.08. The number of hydrogen-bond donors (Lipinski definition) is 2. The molecule has 34 heavy (non-hydrogen) atoms. The summed E-state index contributed by atoms with van der Waals surface area (Å²) in [6.45, 7) is 9.06. The first-order valence-electron chi connectivity index (χ1n) is 10.5. The van der Waals surface area contributed by atoms with E-state index in [4.69, 9.17) is 24.5 Å². The summed E-state index contributed by atoms with van der Waals surface area (Å²) in [5, 5.41) is 14.2. The van der Waals surface area contributed by atoms with Gasteiger partial charge in [0, 0.05) is 39.3 Å². The highest BCUT2D eigenvalue weighted by Crippen LogP contribution is 2.26. The van der Waals surface area contributed by atoms with E-state index in [9.17, 15) is 26.3 Å². The van der Waals surface area contributed by atoms with Gasteiger partial charge in [0.05, 0.1) is 6.61 Å². The van der Waals surface area contributed by atoms with E-state index in [-0.39, 0.29) is 0 Å². The maximum absolute atomic E-state index is 10.6. The van der Waals surface area contributed by atoms with Gasteiger partial charge in [0.25, 0.3) is 0 Å². The third-order valence-electron chi connectivity index (χ3n) is 5.08. The number of aliphatic carboxylic acids is 2. The quantitative estimate of drug-likeness (QED) is 0.610. The summed E-state index contributed by atoms with van der Waals surface area (Å²) in [5.41, 5.74) is 1.51. The van der Waals surface area contributed by atoms with Crippen molar-refractivity contribution >= 4 is 11.9 Å². The minimum atomic E-state index is -5.08. The lowest BCUT2D eigenvalue weighted by Gasteiger charge is -2.23. The van der Waals surface area contributed by atoms with E-state index in [0.29, 0.717) is 0 Å². The number of halogens is 6. The lowest BCUT2D eigenvalue weighted by Crippen LogP contribution is -2.35. The van der Waals surface area contributed by atoms with Crippen LogP contribution in [0.3, 0.4) is 0 Å². The molecule has 2 saturated heterocycles. The molecule has 2 aliphatic rings. The molecule has 0 bridgehead atoms. The van der Waals surface area contributed by atoms with E-state index in [0.717, 1.165) is 25.7 Å². The zero-order valence-electron chi connectivity index (χ0n) is 18.3. The third kappa shape index (κ3) is 12.2. The van der Waals surface area contributed by atoms with E-state index in [1.807, 2.05) is 0 Å². The minimum absolute atomic E-state index is 0.740. The number of nitrogens with zero attached hydrogens (tertiary/aromatic N) is 2. The van der Waals surface area contributed by atoms with Crippen LogP contribution in [0.2, 0.25) is 0 Å². The predicted molar refractivity (Wildman–Crippen MR) is 109 cm³/mol. The Hall–Kier alpha value is -2.38. The number of carboxylic acid groups (broad SMARTS) is 2. The van der Waals surface area contributed by atoms with Crippen LogP contribution in [0.15, 0.2) is 30.3 Å². The number of alkyl halides is 6. The van der Waals surface area contributed by atoms with E-state index >= 15 is 0 Å². The molecule has 1 aromatic rings. The van der Waals surface area contributed by atoms with E-state index in [2.05, 4.69) is 40.1 Å². The van der Waals surface area contributed by atoms with E-state index < -0.39 is 24.3 Å². The first-order chi connectivity index (χ1) is 15.8. The molecule has 2 heterocycles. The Bertz CT molecular complexity index is 713. The second kappa shape index (κ2) is 14.1. The van der Waals surface area contributed by atoms with Gasteiger partial charge in [-0.05, 0) is 30.9 Å². The molecule has 2 N–H and O–H groups in total. The number of carbonyl (C=O) groups is 2. The van der Waals surface area contributed by atoms with Crippen LogP contribution in [0, 0.1) is 0 Å².